The van der Waals surface area contributed by atoms with Crippen molar-refractivity contribution in [1.82, 2.24) is 15.1 Å². The van der Waals surface area contributed by atoms with E-state index < -0.39 is 0 Å². The van der Waals surface area contributed by atoms with Crippen LogP contribution in [0.15, 0.2) is 17.3 Å². The molecule has 0 saturated carbocycles. The number of hydrogen-bond acceptors (Lipinski definition) is 3. The first-order valence-corrected chi connectivity index (χ1v) is 5.46. The first kappa shape index (κ1) is 10.6. The first-order valence-electron chi connectivity index (χ1n) is 4.58. The average Bonchev–Trinajstić information content (AvgIpc) is 2.48. The molecule has 13 heavy (non-hydrogen) atoms. The van der Waals surface area contributed by atoms with E-state index in [9.17, 15) is 0 Å². The molecule has 0 aliphatic carbocycles. The van der Waals surface area contributed by atoms with Crippen molar-refractivity contribution in [3.05, 3.63) is 12.4 Å². The molecule has 0 amide bonds. The number of hydrogen-bond donors (Lipinski definition) is 1. The summed E-state index contributed by atoms with van der Waals surface area (Å²) in [7, 11) is 1.94. The van der Waals surface area contributed by atoms with Crippen molar-refractivity contribution in [2.24, 2.45) is 7.05 Å². The molecule has 0 aromatic carbocycles. The molecule has 0 saturated heterocycles. The highest BCUT2D eigenvalue weighted by Gasteiger charge is 2.04. The van der Waals surface area contributed by atoms with Gasteiger partial charge in [-0.3, -0.25) is 4.68 Å². The van der Waals surface area contributed by atoms with Crippen molar-refractivity contribution in [1.29, 1.82) is 0 Å². The molecule has 1 rings (SSSR count). The molecule has 0 radical (unpaired) electrons. The van der Waals surface area contributed by atoms with Gasteiger partial charge in [-0.25, -0.2) is 0 Å². The molecule has 0 fully saturated rings. The zero-order valence-corrected chi connectivity index (χ0v) is 9.27. The molecule has 74 valence electrons. The fourth-order valence-electron chi connectivity index (χ4n) is 1.08. The van der Waals surface area contributed by atoms with Gasteiger partial charge in [0.1, 0.15) is 0 Å². The normalized spacial score (nSPS) is 13.2. The van der Waals surface area contributed by atoms with Crippen molar-refractivity contribution in [3.8, 4) is 0 Å². The van der Waals surface area contributed by atoms with E-state index in [-0.39, 0.29) is 0 Å². The second-order valence-electron chi connectivity index (χ2n) is 3.09. The molecule has 1 N–H and O–H groups in total. The average molecular weight is 199 g/mol. The minimum atomic E-state index is 0.601. The Morgan fingerprint density at radius 1 is 1.69 bits per heavy atom. The minimum absolute atomic E-state index is 0.601. The molecule has 1 heterocycles. The van der Waals surface area contributed by atoms with Crippen molar-refractivity contribution >= 4 is 11.8 Å². The zero-order valence-electron chi connectivity index (χ0n) is 8.45. The van der Waals surface area contributed by atoms with Gasteiger partial charge in [-0.2, -0.15) is 5.10 Å². The van der Waals surface area contributed by atoms with Gasteiger partial charge in [0.25, 0.3) is 0 Å². The van der Waals surface area contributed by atoms with Crippen LogP contribution in [0.4, 0.5) is 0 Å². The van der Waals surface area contributed by atoms with Gasteiger partial charge in [-0.05, 0) is 6.54 Å². The minimum Gasteiger partial charge on any atom is -0.316 e. The molecule has 1 aromatic rings. The summed E-state index contributed by atoms with van der Waals surface area (Å²) in [5.41, 5.74) is 0. The van der Waals surface area contributed by atoms with Gasteiger partial charge < -0.3 is 5.32 Å². The Bertz CT molecular complexity index is 247. The lowest BCUT2D eigenvalue weighted by Gasteiger charge is -2.09. The molecular weight excluding hydrogens is 182 g/mol. The van der Waals surface area contributed by atoms with E-state index in [0.717, 1.165) is 13.1 Å². The van der Waals surface area contributed by atoms with Crippen LogP contribution in [0.25, 0.3) is 0 Å². The fourth-order valence-corrected chi connectivity index (χ4v) is 2.07. The van der Waals surface area contributed by atoms with E-state index in [2.05, 4.69) is 24.3 Å². The van der Waals surface area contributed by atoms with E-state index in [0.29, 0.717) is 5.25 Å². The highest BCUT2D eigenvalue weighted by molar-refractivity contribution is 8.00. The summed E-state index contributed by atoms with van der Waals surface area (Å²) in [6.45, 7) is 6.44. The van der Waals surface area contributed by atoms with E-state index in [1.807, 2.05) is 35.9 Å². The van der Waals surface area contributed by atoms with Crippen molar-refractivity contribution < 1.29 is 0 Å². The van der Waals surface area contributed by atoms with Gasteiger partial charge in [0.05, 0.1) is 6.20 Å². The predicted octanol–water partition coefficient (Wildman–Crippen LogP) is 1.51. The van der Waals surface area contributed by atoms with Gasteiger partial charge in [0.15, 0.2) is 0 Å². The van der Waals surface area contributed by atoms with E-state index in [4.69, 9.17) is 0 Å². The molecule has 3 nitrogen and oxygen atoms in total. The lowest BCUT2D eigenvalue weighted by molar-refractivity contribution is 0.713. The summed E-state index contributed by atoms with van der Waals surface area (Å²) < 4.78 is 1.84. The van der Waals surface area contributed by atoms with Crippen LogP contribution < -0.4 is 5.32 Å². The van der Waals surface area contributed by atoms with Crippen LogP contribution in [0, 0.1) is 0 Å². The Hall–Kier alpha value is -0.480. The Morgan fingerprint density at radius 3 is 3.00 bits per heavy atom. The Balaban J connectivity index is 2.31. The SMILES string of the molecule is CCNCC(C)Sc1cnn(C)c1. The van der Waals surface area contributed by atoms with Gasteiger partial charge in [-0.15, -0.1) is 11.8 Å². The molecule has 4 heteroatoms. The van der Waals surface area contributed by atoms with Crippen molar-refractivity contribution in [3.63, 3.8) is 0 Å². The molecule has 0 bridgehead atoms. The summed E-state index contributed by atoms with van der Waals surface area (Å²) in [6.07, 6.45) is 3.96. The van der Waals surface area contributed by atoms with Crippen molar-refractivity contribution in [2.75, 3.05) is 13.1 Å². The summed E-state index contributed by atoms with van der Waals surface area (Å²) >= 11 is 1.86. The second kappa shape index (κ2) is 5.29. The maximum Gasteiger partial charge on any atom is 0.0625 e. The summed E-state index contributed by atoms with van der Waals surface area (Å²) in [4.78, 5) is 1.24. The molecular formula is C9H17N3S. The number of aryl methyl sites for hydroxylation is 1. The third kappa shape index (κ3) is 3.83. The van der Waals surface area contributed by atoms with E-state index in [1.54, 1.807) is 0 Å². The number of nitrogens with one attached hydrogen (secondary N) is 1. The van der Waals surface area contributed by atoms with Crippen LogP contribution in [-0.2, 0) is 7.05 Å². The topological polar surface area (TPSA) is 29.9 Å². The monoisotopic (exact) mass is 199 g/mol. The quantitative estimate of drug-likeness (QED) is 0.729. The summed E-state index contributed by atoms with van der Waals surface area (Å²) in [5.74, 6) is 0. The Labute approximate surface area is 83.9 Å². The third-order valence-electron chi connectivity index (χ3n) is 1.70. The van der Waals surface area contributed by atoms with Crippen LogP contribution >= 0.6 is 11.8 Å². The summed E-state index contributed by atoms with van der Waals surface area (Å²) in [6, 6.07) is 0. The Morgan fingerprint density at radius 2 is 2.46 bits per heavy atom. The maximum atomic E-state index is 4.13. The zero-order chi connectivity index (χ0) is 9.68. The largest absolute Gasteiger partial charge is 0.316 e. The van der Waals surface area contributed by atoms with E-state index >= 15 is 0 Å². The van der Waals surface area contributed by atoms with Crippen molar-refractivity contribution in [2.45, 2.75) is 24.0 Å². The summed E-state index contributed by atoms with van der Waals surface area (Å²) in [5, 5.41) is 8.05. The second-order valence-corrected chi connectivity index (χ2v) is 4.60. The number of nitrogens with zero attached hydrogens (tertiary/aromatic N) is 2. The van der Waals surface area contributed by atoms with Gasteiger partial charge in [-0.1, -0.05) is 13.8 Å². The molecule has 1 unspecified atom stereocenters. The lowest BCUT2D eigenvalue weighted by atomic mass is 10.5. The van der Waals surface area contributed by atoms with Crippen LogP contribution in [-0.4, -0.2) is 28.1 Å². The lowest BCUT2D eigenvalue weighted by Crippen LogP contribution is -2.21. The molecule has 1 atom stereocenters. The van der Waals surface area contributed by atoms with Gasteiger partial charge >= 0.3 is 0 Å². The number of thioether (sulfide) groups is 1. The van der Waals surface area contributed by atoms with Gasteiger partial charge in [0, 0.05) is 29.9 Å². The number of aromatic nitrogens is 2. The van der Waals surface area contributed by atoms with Crippen LogP contribution in [0.2, 0.25) is 0 Å². The molecule has 0 spiro atoms. The first-order chi connectivity index (χ1) is 6.22. The highest BCUT2D eigenvalue weighted by atomic mass is 32.2. The number of rotatable bonds is 5. The fraction of sp³-hybridized carbons (Fsp3) is 0.667. The van der Waals surface area contributed by atoms with Gasteiger partial charge in [0.2, 0.25) is 0 Å². The predicted molar refractivity (Wildman–Crippen MR) is 57.1 cm³/mol. The standard InChI is InChI=1S/C9H17N3S/c1-4-10-5-8(2)13-9-6-11-12(3)7-9/h6-8,10H,4-5H2,1-3H3. The van der Waals surface area contributed by atoms with Crippen LogP contribution in [0.1, 0.15) is 13.8 Å². The molecule has 0 aliphatic heterocycles. The Kier molecular flexibility index (Phi) is 4.32. The molecule has 0 aliphatic rings. The smallest absolute Gasteiger partial charge is 0.0625 e. The molecule has 1 aromatic heterocycles. The van der Waals surface area contributed by atoms with E-state index in [1.165, 1.54) is 4.90 Å². The third-order valence-corrected chi connectivity index (χ3v) is 2.75. The van der Waals surface area contributed by atoms with Crippen LogP contribution in [0.5, 0.6) is 0 Å². The van der Waals surface area contributed by atoms with Crippen LogP contribution in [0.3, 0.4) is 0 Å². The maximum absolute atomic E-state index is 4.13. The highest BCUT2D eigenvalue weighted by Crippen LogP contribution is 2.21.